The zero-order valence-corrected chi connectivity index (χ0v) is 12.1. The molecule has 0 spiro atoms. The molecule has 0 rings (SSSR count). The molecule has 0 bridgehead atoms. The molecule has 136 valence electrons. The van der Waals surface area contributed by atoms with Crippen LogP contribution in [0.4, 0.5) is 26.3 Å². The van der Waals surface area contributed by atoms with Gasteiger partial charge in [-0.1, -0.05) is 0 Å². The maximum absolute atomic E-state index is 11.9. The normalized spacial score (nSPS) is 13.5. The van der Waals surface area contributed by atoms with Crippen molar-refractivity contribution in [1.29, 1.82) is 0 Å². The molecule has 0 aliphatic carbocycles. The molecule has 0 aromatic carbocycles. The molecule has 0 aromatic heterocycles. The molecule has 1 unspecified atom stereocenters. The van der Waals surface area contributed by atoms with E-state index in [0.717, 1.165) is 0 Å². The molecule has 0 saturated carbocycles. The predicted octanol–water partition coefficient (Wildman–Crippen LogP) is 2.77. The molecule has 0 N–H and O–H groups in total. The van der Waals surface area contributed by atoms with Crippen molar-refractivity contribution in [2.75, 3.05) is 20.3 Å². The van der Waals surface area contributed by atoms with Crippen molar-refractivity contribution in [3.05, 3.63) is 0 Å². The van der Waals surface area contributed by atoms with Crippen molar-refractivity contribution in [2.24, 2.45) is 0 Å². The van der Waals surface area contributed by atoms with Gasteiger partial charge in [0.25, 0.3) is 0 Å². The van der Waals surface area contributed by atoms with Gasteiger partial charge in [0.15, 0.2) is 6.10 Å². The largest absolute Gasteiger partial charge is 0.462 e. The highest BCUT2D eigenvalue weighted by atomic mass is 19.4. The first kappa shape index (κ1) is 21.5. The molecule has 11 heteroatoms. The van der Waals surface area contributed by atoms with E-state index in [-0.39, 0.29) is 6.61 Å². The van der Waals surface area contributed by atoms with Gasteiger partial charge in [-0.25, -0.2) is 0 Å². The first-order valence-corrected chi connectivity index (χ1v) is 6.40. The van der Waals surface area contributed by atoms with Crippen LogP contribution in [-0.4, -0.2) is 50.7 Å². The summed E-state index contributed by atoms with van der Waals surface area (Å²) in [6.45, 7) is -0.896. The number of hydrogen-bond donors (Lipinski definition) is 0. The van der Waals surface area contributed by atoms with E-state index in [4.69, 9.17) is 0 Å². The summed E-state index contributed by atoms with van der Waals surface area (Å²) in [5.74, 6) is -2.36. The molecule has 23 heavy (non-hydrogen) atoms. The first-order chi connectivity index (χ1) is 10.4. The van der Waals surface area contributed by atoms with Crippen LogP contribution < -0.4 is 0 Å². The summed E-state index contributed by atoms with van der Waals surface area (Å²) in [6, 6.07) is 0. The monoisotopic (exact) mass is 354 g/mol. The predicted molar refractivity (Wildman–Crippen MR) is 63.3 cm³/mol. The molecule has 5 nitrogen and oxygen atoms in total. The Morgan fingerprint density at radius 1 is 0.870 bits per heavy atom. The fourth-order valence-corrected chi connectivity index (χ4v) is 1.29. The SMILES string of the molecule is COCC(COC(=O)CCC(F)(F)F)OC(=O)CCC(F)(F)F. The van der Waals surface area contributed by atoms with Crippen molar-refractivity contribution in [3.63, 3.8) is 0 Å². The van der Waals surface area contributed by atoms with Gasteiger partial charge in [-0.05, 0) is 0 Å². The topological polar surface area (TPSA) is 61.8 Å². The van der Waals surface area contributed by atoms with E-state index in [9.17, 15) is 35.9 Å². The Bertz CT molecular complexity index is 379. The van der Waals surface area contributed by atoms with Crippen molar-refractivity contribution in [3.8, 4) is 0 Å². The van der Waals surface area contributed by atoms with Crippen LogP contribution in [0, 0.1) is 0 Å². The number of carbonyl (C=O) groups is 2. The highest BCUT2D eigenvalue weighted by Gasteiger charge is 2.30. The third-order valence-corrected chi connectivity index (χ3v) is 2.31. The summed E-state index contributed by atoms with van der Waals surface area (Å²) >= 11 is 0. The lowest BCUT2D eigenvalue weighted by molar-refractivity contribution is -0.170. The first-order valence-electron chi connectivity index (χ1n) is 6.40. The maximum Gasteiger partial charge on any atom is 0.389 e. The fraction of sp³-hybridized carbons (Fsp3) is 0.833. The Balaban J connectivity index is 4.20. The van der Waals surface area contributed by atoms with Gasteiger partial charge < -0.3 is 14.2 Å². The average molecular weight is 354 g/mol. The number of rotatable bonds is 9. The molecule has 0 aliphatic rings. The molecule has 0 heterocycles. The van der Waals surface area contributed by atoms with Crippen LogP contribution in [0.25, 0.3) is 0 Å². The summed E-state index contributed by atoms with van der Waals surface area (Å²) in [4.78, 5) is 22.3. The van der Waals surface area contributed by atoms with Crippen molar-refractivity contribution < 1.29 is 50.1 Å². The maximum atomic E-state index is 11.9. The molecular weight excluding hydrogens is 338 g/mol. The summed E-state index contributed by atoms with van der Waals surface area (Å²) in [5, 5.41) is 0. The van der Waals surface area contributed by atoms with Crippen LogP contribution in [-0.2, 0) is 23.8 Å². The summed E-state index contributed by atoms with van der Waals surface area (Å²) in [5.41, 5.74) is 0. The molecule has 0 saturated heterocycles. The van der Waals surface area contributed by atoms with Gasteiger partial charge in [-0.2, -0.15) is 26.3 Å². The number of carbonyl (C=O) groups excluding carboxylic acids is 2. The van der Waals surface area contributed by atoms with Gasteiger partial charge in [0.2, 0.25) is 0 Å². The van der Waals surface area contributed by atoms with Gasteiger partial charge in [0.05, 0.1) is 32.3 Å². The summed E-state index contributed by atoms with van der Waals surface area (Å²) in [6.07, 6.45) is -14.8. The molecule has 0 aromatic rings. The van der Waals surface area contributed by atoms with E-state index in [2.05, 4.69) is 14.2 Å². The number of esters is 2. The van der Waals surface area contributed by atoms with E-state index in [0.29, 0.717) is 0 Å². The quantitative estimate of drug-likeness (QED) is 0.471. The van der Waals surface area contributed by atoms with Gasteiger partial charge in [-0.15, -0.1) is 0 Å². The van der Waals surface area contributed by atoms with Gasteiger partial charge in [-0.3, -0.25) is 9.59 Å². The number of halogens is 6. The fourth-order valence-electron chi connectivity index (χ4n) is 1.29. The smallest absolute Gasteiger partial charge is 0.389 e. The standard InChI is InChI=1S/C12H16F6O5/c1-21-6-8(23-10(20)3-5-12(16,17)18)7-22-9(19)2-4-11(13,14)15/h8H,2-7H2,1H3. The minimum Gasteiger partial charge on any atom is -0.462 e. The summed E-state index contributed by atoms with van der Waals surface area (Å²) < 4.78 is 85.3. The van der Waals surface area contributed by atoms with Crippen LogP contribution in [0.1, 0.15) is 25.7 Å². The summed E-state index contributed by atoms with van der Waals surface area (Å²) in [7, 11) is 1.20. The van der Waals surface area contributed by atoms with Gasteiger partial charge >= 0.3 is 24.3 Å². The van der Waals surface area contributed by atoms with E-state index in [1.807, 2.05) is 0 Å². The Morgan fingerprint density at radius 3 is 1.78 bits per heavy atom. The second kappa shape index (κ2) is 9.58. The number of ether oxygens (including phenoxy) is 3. The molecule has 0 fully saturated rings. The van der Waals surface area contributed by atoms with Crippen molar-refractivity contribution in [2.45, 2.75) is 44.1 Å². The van der Waals surface area contributed by atoms with E-state index in [1.54, 1.807) is 0 Å². The third-order valence-electron chi connectivity index (χ3n) is 2.31. The average Bonchev–Trinajstić information content (AvgIpc) is 2.39. The lowest BCUT2D eigenvalue weighted by atomic mass is 10.3. The highest BCUT2D eigenvalue weighted by molar-refractivity contribution is 5.70. The van der Waals surface area contributed by atoms with Gasteiger partial charge in [0, 0.05) is 7.11 Å². The lowest BCUT2D eigenvalue weighted by Gasteiger charge is -2.17. The highest BCUT2D eigenvalue weighted by Crippen LogP contribution is 2.22. The van der Waals surface area contributed by atoms with Crippen LogP contribution in [0.15, 0.2) is 0 Å². The van der Waals surface area contributed by atoms with Crippen LogP contribution >= 0.6 is 0 Å². The Labute approximate surface area is 127 Å². The number of hydrogen-bond acceptors (Lipinski definition) is 5. The minimum atomic E-state index is -4.53. The second-order valence-corrected chi connectivity index (χ2v) is 4.48. The van der Waals surface area contributed by atoms with E-state index in [1.165, 1.54) is 7.11 Å². The third kappa shape index (κ3) is 13.8. The Kier molecular flexibility index (Phi) is 8.95. The molecule has 1 atom stereocenters. The van der Waals surface area contributed by atoms with Crippen LogP contribution in [0.2, 0.25) is 0 Å². The Hall–Kier alpha value is -1.52. The van der Waals surface area contributed by atoms with Gasteiger partial charge in [0.1, 0.15) is 6.61 Å². The molecule has 0 amide bonds. The zero-order chi connectivity index (χ0) is 18.1. The molecular formula is C12H16F6O5. The minimum absolute atomic E-state index is 0.287. The van der Waals surface area contributed by atoms with Crippen molar-refractivity contribution >= 4 is 11.9 Å². The lowest BCUT2D eigenvalue weighted by Crippen LogP contribution is -2.30. The molecule has 0 radical (unpaired) electrons. The van der Waals surface area contributed by atoms with Crippen LogP contribution in [0.5, 0.6) is 0 Å². The number of methoxy groups -OCH3 is 1. The number of alkyl halides is 6. The van der Waals surface area contributed by atoms with E-state index >= 15 is 0 Å². The second-order valence-electron chi connectivity index (χ2n) is 4.48. The van der Waals surface area contributed by atoms with E-state index < -0.39 is 62.7 Å². The zero-order valence-electron chi connectivity index (χ0n) is 12.1. The Morgan fingerprint density at radius 2 is 1.35 bits per heavy atom. The van der Waals surface area contributed by atoms with Crippen molar-refractivity contribution in [1.82, 2.24) is 0 Å². The van der Waals surface area contributed by atoms with Crippen LogP contribution in [0.3, 0.4) is 0 Å². The molecule has 0 aliphatic heterocycles.